The van der Waals surface area contributed by atoms with Crippen LogP contribution < -0.4 is 14.7 Å². The fraction of sp³-hybridized carbons (Fsp3) is 0.0254. The summed E-state index contributed by atoms with van der Waals surface area (Å²) in [5.41, 5.74) is 29.9. The summed E-state index contributed by atoms with van der Waals surface area (Å²) in [6.07, 6.45) is 3.70. The molecular weight excluding hydrogens is 1780 g/mol. The minimum absolute atomic E-state index is 0.0625. The topological polar surface area (TPSA) is 40.7 Å². The first-order valence-electron chi connectivity index (χ1n) is 43.0. The number of anilines is 9. The highest BCUT2D eigenvalue weighted by molar-refractivity contribution is 9.11. The average molecular weight is 1860 g/mol. The summed E-state index contributed by atoms with van der Waals surface area (Å²) in [5, 5.41) is 12.0. The lowest BCUT2D eigenvalue weighted by Gasteiger charge is -2.28. The van der Waals surface area contributed by atoms with Crippen LogP contribution in [0.2, 0.25) is 0 Å². The summed E-state index contributed by atoms with van der Waals surface area (Å²) >= 11 is 13.0. The van der Waals surface area contributed by atoms with Crippen molar-refractivity contribution in [3.63, 3.8) is 0 Å². The molecule has 0 saturated carbocycles. The van der Waals surface area contributed by atoms with E-state index in [2.05, 4.69) is 511 Å². The maximum absolute atomic E-state index is 6.94. The fourth-order valence-corrected chi connectivity index (χ4v) is 21.3. The second-order valence-corrected chi connectivity index (χ2v) is 36.7. The van der Waals surface area contributed by atoms with Gasteiger partial charge in [-0.3, -0.25) is 4.98 Å². The third-order valence-electron chi connectivity index (χ3n) is 25.0. The molecule has 0 radical (unpaired) electrons. The largest absolute Gasteiger partial charge is 0.453 e. The van der Waals surface area contributed by atoms with Crippen molar-refractivity contribution in [2.24, 2.45) is 0 Å². The van der Waals surface area contributed by atoms with E-state index in [1.54, 1.807) is 6.20 Å². The zero-order chi connectivity index (χ0) is 85.9. The zero-order valence-corrected chi connectivity index (χ0v) is 75.5. The standard InChI is InChI=1S/C42H29BrN2.C39H25BrN2O.C37H26BrNS/c43-34-22-16-30(17-23-34)32-20-26-41-39(28-32)40-29-33(21-27-42(40)45(41)37-14-8-3-9-15-37)31-18-24-38(25-19-31)44(35-10-4-1-5-11-35)36-12-6-2-7-13-36;40-30-17-12-28(13-18-30)33-22-23-36(39-37(33)35-21-16-27-7-4-5-11-34(27)38(35)43-39)42(31-9-2-1-3-10-31)32-19-14-26(15-20-32)29-8-6-24-41-25-29;1-37(2)31-13-7-5-11-28(31)29-18-17-26(20-32(29)37)39(25-16-15-23-9-3-4-10-24(23)19-25)27-21-33(38)36-30-12-6-8-14-34(30)40-35(36)22-27/h1-29H;1-25H;3-22H,1-2H3. The number of hydrogen-bond donors (Lipinski definition) is 0. The molecule has 0 atom stereocenters. The van der Waals surface area contributed by atoms with E-state index in [0.29, 0.717) is 0 Å². The second-order valence-electron chi connectivity index (χ2n) is 32.9. The summed E-state index contributed by atoms with van der Waals surface area (Å²) in [4.78, 5) is 11.3. The maximum Gasteiger partial charge on any atom is 0.160 e. The van der Waals surface area contributed by atoms with Gasteiger partial charge in [-0.25, -0.2) is 0 Å². The van der Waals surface area contributed by atoms with Crippen molar-refractivity contribution in [1.82, 2.24) is 9.55 Å². The Bertz CT molecular complexity index is 8070. The first kappa shape index (κ1) is 79.4. The molecule has 24 rings (SSSR count). The minimum atomic E-state index is -0.0625. The van der Waals surface area contributed by atoms with Crippen molar-refractivity contribution in [3.8, 4) is 61.3 Å². The SMILES string of the molecule is Brc1ccc(-c2ccc(N(c3ccccc3)c3ccc(-c4cccnc4)cc3)c3oc4c5ccccc5ccc4c23)cc1.Brc1ccc(-c2ccc3c(c2)c2cc(-c4ccc(N(c5ccccc5)c5ccccc5)cc4)ccc2n3-c2ccccc2)cc1.CC1(C)c2ccccc2-c2ccc(N(c3ccc4ccccc4c3)c3cc(Br)c4c(c3)sc3ccccc34)cc21. The summed E-state index contributed by atoms with van der Waals surface area (Å²) < 4.78 is 15.2. The molecule has 0 unspecified atom stereocenters. The number of rotatable bonds is 14. The van der Waals surface area contributed by atoms with Crippen LogP contribution in [0, 0.1) is 0 Å². The van der Waals surface area contributed by atoms with E-state index in [9.17, 15) is 0 Å². The molecule has 10 heteroatoms. The number of pyridine rings is 1. The van der Waals surface area contributed by atoms with E-state index in [-0.39, 0.29) is 5.41 Å². The Labute approximate surface area is 772 Å². The number of fused-ring (bicyclic) bond motifs is 15. The van der Waals surface area contributed by atoms with Gasteiger partial charge >= 0.3 is 0 Å². The molecule has 23 aromatic rings. The fourth-order valence-electron chi connectivity index (χ4n) is 18.8. The van der Waals surface area contributed by atoms with Gasteiger partial charge in [0.15, 0.2) is 5.58 Å². The van der Waals surface area contributed by atoms with E-state index in [1.165, 1.54) is 103 Å². The number of para-hydroxylation sites is 4. The van der Waals surface area contributed by atoms with Gasteiger partial charge in [-0.2, -0.15) is 0 Å². The van der Waals surface area contributed by atoms with Crippen molar-refractivity contribution < 1.29 is 4.42 Å². The summed E-state index contributed by atoms with van der Waals surface area (Å²) in [6, 6.07) is 156. The molecule has 128 heavy (non-hydrogen) atoms. The van der Waals surface area contributed by atoms with Crippen molar-refractivity contribution in [2.75, 3.05) is 14.7 Å². The van der Waals surface area contributed by atoms with Crippen LogP contribution in [0.15, 0.2) is 467 Å². The van der Waals surface area contributed by atoms with Crippen LogP contribution in [-0.4, -0.2) is 9.55 Å². The summed E-state index contributed by atoms with van der Waals surface area (Å²) in [5.74, 6) is 0. The van der Waals surface area contributed by atoms with Gasteiger partial charge in [0.05, 0.1) is 16.7 Å². The normalized spacial score (nSPS) is 12.0. The van der Waals surface area contributed by atoms with Crippen molar-refractivity contribution in [2.45, 2.75) is 19.3 Å². The van der Waals surface area contributed by atoms with Gasteiger partial charge in [0, 0.05) is 130 Å². The minimum Gasteiger partial charge on any atom is -0.453 e. The molecule has 6 nitrogen and oxygen atoms in total. The predicted molar refractivity (Wildman–Crippen MR) is 553 cm³/mol. The molecule has 1 aliphatic carbocycles. The highest BCUT2D eigenvalue weighted by Gasteiger charge is 2.36. The van der Waals surface area contributed by atoms with Crippen LogP contribution in [0.5, 0.6) is 0 Å². The van der Waals surface area contributed by atoms with Gasteiger partial charge in [-0.05, 0) is 265 Å². The third kappa shape index (κ3) is 14.8. The molecule has 19 aromatic carbocycles. The molecule has 4 aromatic heterocycles. The summed E-state index contributed by atoms with van der Waals surface area (Å²) in [7, 11) is 0. The average Bonchev–Trinajstić information content (AvgIpc) is 1.58. The Hall–Kier alpha value is -14.5. The lowest BCUT2D eigenvalue weighted by Crippen LogP contribution is -2.16. The number of halogens is 3. The Kier molecular flexibility index (Phi) is 21.0. The van der Waals surface area contributed by atoms with E-state index >= 15 is 0 Å². The molecule has 0 fully saturated rings. The third-order valence-corrected chi connectivity index (χ3v) is 27.8. The lowest BCUT2D eigenvalue weighted by molar-refractivity contribution is 0.660. The molecule has 610 valence electrons. The molecule has 0 saturated heterocycles. The van der Waals surface area contributed by atoms with Crippen molar-refractivity contribution in [1.29, 1.82) is 0 Å². The van der Waals surface area contributed by atoms with Crippen LogP contribution in [-0.2, 0) is 5.41 Å². The first-order chi connectivity index (χ1) is 63.0. The summed E-state index contributed by atoms with van der Waals surface area (Å²) in [6.45, 7) is 4.70. The molecule has 0 aliphatic heterocycles. The molecule has 0 spiro atoms. The van der Waals surface area contributed by atoms with Crippen LogP contribution in [0.25, 0.3) is 147 Å². The van der Waals surface area contributed by atoms with Crippen molar-refractivity contribution >= 4 is 196 Å². The Morgan fingerprint density at radius 3 is 1.42 bits per heavy atom. The number of aromatic nitrogens is 2. The molecular formula is C118H80Br3N5OS. The molecule has 1 aliphatic rings. The number of hydrogen-bond acceptors (Lipinski definition) is 6. The molecule has 0 amide bonds. The zero-order valence-electron chi connectivity index (χ0n) is 69.9. The number of thiophene rings is 1. The van der Waals surface area contributed by atoms with E-state index in [0.717, 1.165) is 120 Å². The molecule has 0 N–H and O–H groups in total. The van der Waals surface area contributed by atoms with Gasteiger partial charge in [-0.1, -0.05) is 316 Å². The van der Waals surface area contributed by atoms with Gasteiger partial charge in [0.1, 0.15) is 5.58 Å². The highest BCUT2D eigenvalue weighted by Crippen LogP contribution is 2.54. The maximum atomic E-state index is 6.94. The second kappa shape index (κ2) is 33.8. The Morgan fingerprint density at radius 2 is 0.773 bits per heavy atom. The quantitative estimate of drug-likeness (QED) is 0.109. The van der Waals surface area contributed by atoms with E-state index in [4.69, 9.17) is 4.42 Å². The molecule has 0 bridgehead atoms. The Morgan fingerprint density at radius 1 is 0.289 bits per heavy atom. The first-order valence-corrected chi connectivity index (χ1v) is 46.2. The lowest BCUT2D eigenvalue weighted by atomic mass is 9.82. The Balaban J connectivity index is 0.000000113. The van der Waals surface area contributed by atoms with E-state index in [1.807, 2.05) is 29.7 Å². The van der Waals surface area contributed by atoms with E-state index < -0.39 is 0 Å². The van der Waals surface area contributed by atoms with Gasteiger partial charge in [-0.15, -0.1) is 11.3 Å². The smallest absolute Gasteiger partial charge is 0.160 e. The van der Waals surface area contributed by atoms with Crippen LogP contribution in [0.1, 0.15) is 25.0 Å². The highest BCUT2D eigenvalue weighted by atomic mass is 79.9. The number of benzene rings is 19. The number of nitrogens with zero attached hydrogens (tertiary/aromatic N) is 5. The van der Waals surface area contributed by atoms with Crippen LogP contribution >= 0.6 is 59.1 Å². The van der Waals surface area contributed by atoms with Crippen LogP contribution in [0.3, 0.4) is 0 Å². The monoisotopic (exact) mass is 1850 g/mol. The van der Waals surface area contributed by atoms with Gasteiger partial charge < -0.3 is 23.7 Å². The van der Waals surface area contributed by atoms with Crippen LogP contribution in [0.4, 0.5) is 51.2 Å². The van der Waals surface area contributed by atoms with Gasteiger partial charge in [0.25, 0.3) is 0 Å². The predicted octanol–water partition coefficient (Wildman–Crippen LogP) is 35.8. The van der Waals surface area contributed by atoms with Crippen molar-refractivity contribution in [3.05, 3.63) is 474 Å². The van der Waals surface area contributed by atoms with Gasteiger partial charge in [0.2, 0.25) is 0 Å². The molecule has 4 heterocycles. The number of furan rings is 1.